The Bertz CT molecular complexity index is 1190. The summed E-state index contributed by atoms with van der Waals surface area (Å²) in [5.41, 5.74) is 1.39. The van der Waals surface area contributed by atoms with E-state index < -0.39 is 18.1 Å². The van der Waals surface area contributed by atoms with Gasteiger partial charge in [0.15, 0.2) is 11.2 Å². The predicted molar refractivity (Wildman–Crippen MR) is 125 cm³/mol. The van der Waals surface area contributed by atoms with Gasteiger partial charge >= 0.3 is 0 Å². The van der Waals surface area contributed by atoms with Crippen molar-refractivity contribution in [1.29, 1.82) is 0 Å². The van der Waals surface area contributed by atoms with Crippen LogP contribution in [-0.4, -0.2) is 30.5 Å². The highest BCUT2D eigenvalue weighted by Crippen LogP contribution is 2.39. The lowest BCUT2D eigenvalue weighted by atomic mass is 9.81. The first kappa shape index (κ1) is 22.8. The molecule has 2 N–H and O–H groups in total. The number of para-hydroxylation sites is 2. The maximum Gasteiger partial charge on any atom is 0.290 e. The molecule has 7 nitrogen and oxygen atoms in total. The second-order valence-corrected chi connectivity index (χ2v) is 7.86. The van der Waals surface area contributed by atoms with Gasteiger partial charge in [-0.15, -0.1) is 0 Å². The minimum atomic E-state index is -0.751. The molecule has 1 aliphatic heterocycles. The molecule has 172 valence electrons. The van der Waals surface area contributed by atoms with E-state index in [9.17, 15) is 14.7 Å². The molecule has 0 saturated carbocycles. The standard InChI is InChI=1S/C26H27NO6/c1-2-31-26-18(12-8-14-28)20(21-16-32-22-13-7-6-11-19(22)24(21)29)15-23(33-26)25(30)27-17-9-4-3-5-10-17/h3-7,9-11,13,15-16,18,20,26,28H,2,8,12,14H2,1H3,(H,27,30)/t18-,20-,26+/m0/s1. The molecule has 0 unspecified atom stereocenters. The van der Waals surface area contributed by atoms with Crippen LogP contribution in [0.4, 0.5) is 5.69 Å². The number of benzene rings is 2. The van der Waals surface area contributed by atoms with Crippen molar-refractivity contribution < 1.29 is 23.8 Å². The van der Waals surface area contributed by atoms with Gasteiger partial charge in [-0.25, -0.2) is 0 Å². The summed E-state index contributed by atoms with van der Waals surface area (Å²) >= 11 is 0. The Hall–Kier alpha value is -3.42. The Labute approximate surface area is 191 Å². The van der Waals surface area contributed by atoms with E-state index in [0.717, 1.165) is 0 Å². The highest BCUT2D eigenvalue weighted by molar-refractivity contribution is 6.02. The summed E-state index contributed by atoms with van der Waals surface area (Å²) in [6.07, 6.45) is 3.42. The van der Waals surface area contributed by atoms with E-state index in [1.165, 1.54) is 6.26 Å². The lowest BCUT2D eigenvalue weighted by Gasteiger charge is -2.36. The van der Waals surface area contributed by atoms with E-state index in [4.69, 9.17) is 13.9 Å². The molecule has 1 aliphatic rings. The van der Waals surface area contributed by atoms with Crippen LogP contribution < -0.4 is 10.7 Å². The number of rotatable bonds is 8. The highest BCUT2D eigenvalue weighted by Gasteiger charge is 2.39. The van der Waals surface area contributed by atoms with Crippen LogP contribution in [0.25, 0.3) is 11.0 Å². The minimum Gasteiger partial charge on any atom is -0.464 e. The molecule has 3 aromatic rings. The molecule has 3 atom stereocenters. The molecule has 0 spiro atoms. The van der Waals surface area contributed by atoms with Gasteiger partial charge in [0.2, 0.25) is 6.29 Å². The van der Waals surface area contributed by atoms with E-state index in [2.05, 4.69) is 5.32 Å². The number of nitrogens with one attached hydrogen (secondary N) is 1. The van der Waals surface area contributed by atoms with E-state index >= 15 is 0 Å². The maximum atomic E-state index is 13.4. The van der Waals surface area contributed by atoms with E-state index in [-0.39, 0.29) is 23.7 Å². The van der Waals surface area contributed by atoms with Crippen LogP contribution in [0.2, 0.25) is 0 Å². The zero-order valence-electron chi connectivity index (χ0n) is 18.4. The molecule has 0 fully saturated rings. The molecule has 1 amide bonds. The monoisotopic (exact) mass is 449 g/mol. The molecule has 0 bridgehead atoms. The number of hydrogen-bond acceptors (Lipinski definition) is 6. The van der Waals surface area contributed by atoms with Crippen LogP contribution >= 0.6 is 0 Å². The van der Waals surface area contributed by atoms with Crippen LogP contribution in [0, 0.1) is 5.92 Å². The average Bonchev–Trinajstić information content (AvgIpc) is 2.84. The second-order valence-electron chi connectivity index (χ2n) is 7.86. The smallest absolute Gasteiger partial charge is 0.290 e. The minimum absolute atomic E-state index is 0.000539. The number of fused-ring (bicyclic) bond motifs is 1. The summed E-state index contributed by atoms with van der Waals surface area (Å²) in [6.45, 7) is 2.21. The topological polar surface area (TPSA) is 98.0 Å². The van der Waals surface area contributed by atoms with Gasteiger partial charge in [0, 0.05) is 36.3 Å². The first-order valence-corrected chi connectivity index (χ1v) is 11.1. The molecule has 0 radical (unpaired) electrons. The highest BCUT2D eigenvalue weighted by atomic mass is 16.7. The molecule has 33 heavy (non-hydrogen) atoms. The molecule has 0 aliphatic carbocycles. The van der Waals surface area contributed by atoms with Crippen LogP contribution in [0.5, 0.6) is 0 Å². The number of carbonyl (C=O) groups is 1. The zero-order valence-corrected chi connectivity index (χ0v) is 18.4. The largest absolute Gasteiger partial charge is 0.464 e. The first-order valence-electron chi connectivity index (χ1n) is 11.1. The quantitative estimate of drug-likeness (QED) is 0.535. The number of aliphatic hydroxyl groups is 1. The molecular weight excluding hydrogens is 422 g/mol. The van der Waals surface area contributed by atoms with E-state index in [1.807, 2.05) is 25.1 Å². The Kier molecular flexibility index (Phi) is 7.22. The van der Waals surface area contributed by atoms with Crippen molar-refractivity contribution in [2.45, 2.75) is 32.0 Å². The number of carbonyl (C=O) groups excluding carboxylic acids is 1. The van der Waals surface area contributed by atoms with Crippen molar-refractivity contribution >= 4 is 22.6 Å². The fraction of sp³-hybridized carbons (Fsp3) is 0.308. The van der Waals surface area contributed by atoms with Crippen molar-refractivity contribution in [3.8, 4) is 0 Å². The fourth-order valence-corrected chi connectivity index (χ4v) is 4.16. The summed E-state index contributed by atoms with van der Waals surface area (Å²) in [5, 5.41) is 12.7. The summed E-state index contributed by atoms with van der Waals surface area (Å²) in [5.74, 6) is -1.12. The fourth-order valence-electron chi connectivity index (χ4n) is 4.16. The van der Waals surface area contributed by atoms with Crippen molar-refractivity contribution in [2.75, 3.05) is 18.5 Å². The number of amides is 1. The summed E-state index contributed by atoms with van der Waals surface area (Å²) in [7, 11) is 0. The SMILES string of the molecule is CCO[C@@H]1OC(C(=O)Nc2ccccc2)=C[C@H](c2coc3ccccc3c2=O)[C@@H]1CCCO. The normalized spacial score (nSPS) is 20.2. The first-order chi connectivity index (χ1) is 16.1. The predicted octanol–water partition coefficient (Wildman–Crippen LogP) is 4.18. The molecule has 2 heterocycles. The zero-order chi connectivity index (χ0) is 23.2. The number of anilines is 1. The Morgan fingerprint density at radius 1 is 1.12 bits per heavy atom. The van der Waals surface area contributed by atoms with Crippen molar-refractivity contribution in [1.82, 2.24) is 0 Å². The summed E-state index contributed by atoms with van der Waals surface area (Å²) < 4.78 is 17.6. The van der Waals surface area contributed by atoms with Gasteiger partial charge in [0.1, 0.15) is 5.58 Å². The molecule has 0 saturated heterocycles. The molecular formula is C26H27NO6. The molecule has 1 aromatic heterocycles. The van der Waals surface area contributed by atoms with Crippen molar-refractivity contribution in [3.63, 3.8) is 0 Å². The maximum absolute atomic E-state index is 13.4. The van der Waals surface area contributed by atoms with Gasteiger partial charge in [-0.05, 0) is 50.1 Å². The number of allylic oxidation sites excluding steroid dienone is 1. The lowest BCUT2D eigenvalue weighted by Crippen LogP contribution is -2.38. The number of ether oxygens (including phenoxy) is 2. The number of aliphatic hydroxyl groups excluding tert-OH is 1. The van der Waals surface area contributed by atoms with Crippen LogP contribution in [-0.2, 0) is 14.3 Å². The average molecular weight is 450 g/mol. The third-order valence-electron chi connectivity index (χ3n) is 5.73. The number of hydrogen-bond donors (Lipinski definition) is 2. The van der Waals surface area contributed by atoms with Crippen molar-refractivity contribution in [2.24, 2.45) is 5.92 Å². The molecule has 7 heteroatoms. The van der Waals surface area contributed by atoms with Crippen LogP contribution in [0.1, 0.15) is 31.2 Å². The van der Waals surface area contributed by atoms with Gasteiger partial charge < -0.3 is 24.3 Å². The van der Waals surface area contributed by atoms with E-state index in [1.54, 1.807) is 42.5 Å². The summed E-state index contributed by atoms with van der Waals surface area (Å²) in [6, 6.07) is 16.1. The second kappa shape index (κ2) is 10.5. The Morgan fingerprint density at radius 2 is 1.88 bits per heavy atom. The Balaban J connectivity index is 1.76. The summed E-state index contributed by atoms with van der Waals surface area (Å²) in [4.78, 5) is 26.4. The van der Waals surface area contributed by atoms with Gasteiger partial charge in [-0.1, -0.05) is 30.3 Å². The van der Waals surface area contributed by atoms with E-state index in [0.29, 0.717) is 41.7 Å². The third-order valence-corrected chi connectivity index (χ3v) is 5.73. The van der Waals surface area contributed by atoms with Gasteiger partial charge in [-0.2, -0.15) is 0 Å². The lowest BCUT2D eigenvalue weighted by molar-refractivity contribution is -0.165. The van der Waals surface area contributed by atoms with Crippen LogP contribution in [0.15, 0.2) is 81.9 Å². The van der Waals surface area contributed by atoms with Gasteiger partial charge in [0.05, 0.1) is 11.6 Å². The van der Waals surface area contributed by atoms with Gasteiger partial charge in [0.25, 0.3) is 5.91 Å². The van der Waals surface area contributed by atoms with Gasteiger partial charge in [-0.3, -0.25) is 9.59 Å². The Morgan fingerprint density at radius 3 is 2.64 bits per heavy atom. The van der Waals surface area contributed by atoms with Crippen molar-refractivity contribution in [3.05, 3.63) is 88.5 Å². The van der Waals surface area contributed by atoms with Crippen LogP contribution in [0.3, 0.4) is 0 Å². The molecule has 2 aromatic carbocycles. The molecule has 4 rings (SSSR count). The third kappa shape index (κ3) is 4.99.